The first-order chi connectivity index (χ1) is 10.0. The third-order valence-corrected chi connectivity index (χ3v) is 3.87. The SMILES string of the molecule is CCNc1cc(C)ncc1C(=O)N(C)Cc1csc(C)n1. The molecule has 21 heavy (non-hydrogen) atoms. The van der Waals surface area contributed by atoms with E-state index in [-0.39, 0.29) is 5.91 Å². The van der Waals surface area contributed by atoms with Gasteiger partial charge in [0.15, 0.2) is 0 Å². The molecule has 6 heteroatoms. The van der Waals surface area contributed by atoms with Crippen molar-refractivity contribution in [1.29, 1.82) is 0 Å². The highest BCUT2D eigenvalue weighted by molar-refractivity contribution is 7.09. The number of nitrogens with one attached hydrogen (secondary N) is 1. The van der Waals surface area contributed by atoms with Crippen molar-refractivity contribution >= 4 is 22.9 Å². The zero-order valence-electron chi connectivity index (χ0n) is 12.8. The molecule has 0 aliphatic rings. The molecule has 0 aromatic carbocycles. The summed E-state index contributed by atoms with van der Waals surface area (Å²) in [5.41, 5.74) is 3.23. The van der Waals surface area contributed by atoms with Crippen LogP contribution in [-0.4, -0.2) is 34.4 Å². The summed E-state index contributed by atoms with van der Waals surface area (Å²) in [5, 5.41) is 6.21. The number of aryl methyl sites for hydroxylation is 2. The molecule has 2 aromatic heterocycles. The Bertz CT molecular complexity index is 638. The molecule has 0 aliphatic heterocycles. The molecule has 2 aromatic rings. The Kier molecular flexibility index (Phi) is 4.90. The summed E-state index contributed by atoms with van der Waals surface area (Å²) in [5.74, 6) is -0.0518. The zero-order chi connectivity index (χ0) is 15.4. The molecule has 1 amide bonds. The number of nitrogens with zero attached hydrogens (tertiary/aromatic N) is 3. The number of rotatable bonds is 5. The number of aromatic nitrogens is 2. The maximum Gasteiger partial charge on any atom is 0.257 e. The predicted molar refractivity (Wildman–Crippen MR) is 85.8 cm³/mol. The summed E-state index contributed by atoms with van der Waals surface area (Å²) in [6.45, 7) is 7.15. The summed E-state index contributed by atoms with van der Waals surface area (Å²) >= 11 is 1.59. The maximum atomic E-state index is 12.6. The third kappa shape index (κ3) is 3.78. The average Bonchev–Trinajstić information content (AvgIpc) is 2.84. The molecule has 0 fully saturated rings. The van der Waals surface area contributed by atoms with Crippen LogP contribution in [0.15, 0.2) is 17.6 Å². The molecule has 0 spiro atoms. The lowest BCUT2D eigenvalue weighted by Gasteiger charge is -2.18. The fourth-order valence-corrected chi connectivity index (χ4v) is 2.67. The number of carbonyl (C=O) groups is 1. The van der Waals surface area contributed by atoms with Crippen LogP contribution in [0.2, 0.25) is 0 Å². The number of hydrogen-bond acceptors (Lipinski definition) is 5. The van der Waals surface area contributed by atoms with Gasteiger partial charge in [-0.1, -0.05) is 0 Å². The summed E-state index contributed by atoms with van der Waals surface area (Å²) in [6, 6.07) is 1.90. The molecule has 0 atom stereocenters. The molecule has 0 radical (unpaired) electrons. The van der Waals surface area contributed by atoms with Crippen molar-refractivity contribution in [2.24, 2.45) is 0 Å². The lowest BCUT2D eigenvalue weighted by molar-refractivity contribution is 0.0784. The van der Waals surface area contributed by atoms with Gasteiger partial charge in [0.2, 0.25) is 0 Å². The van der Waals surface area contributed by atoms with Crippen LogP contribution in [-0.2, 0) is 6.54 Å². The number of anilines is 1. The second-order valence-electron chi connectivity index (χ2n) is 4.92. The minimum atomic E-state index is -0.0518. The van der Waals surface area contributed by atoms with E-state index in [9.17, 15) is 4.79 Å². The van der Waals surface area contributed by atoms with Crippen molar-refractivity contribution in [3.05, 3.63) is 39.6 Å². The monoisotopic (exact) mass is 304 g/mol. The van der Waals surface area contributed by atoms with Gasteiger partial charge in [0, 0.05) is 30.9 Å². The first-order valence-corrected chi connectivity index (χ1v) is 7.76. The van der Waals surface area contributed by atoms with Crippen molar-refractivity contribution in [1.82, 2.24) is 14.9 Å². The topological polar surface area (TPSA) is 58.1 Å². The van der Waals surface area contributed by atoms with E-state index in [0.717, 1.165) is 28.6 Å². The Morgan fingerprint density at radius 1 is 1.43 bits per heavy atom. The molecule has 112 valence electrons. The number of pyridine rings is 1. The van der Waals surface area contributed by atoms with Gasteiger partial charge >= 0.3 is 0 Å². The van der Waals surface area contributed by atoms with Crippen molar-refractivity contribution in [2.75, 3.05) is 18.9 Å². The summed E-state index contributed by atoms with van der Waals surface area (Å²) in [4.78, 5) is 22.9. The molecule has 2 heterocycles. The molecule has 0 bridgehead atoms. The van der Waals surface area contributed by atoms with Crippen molar-refractivity contribution < 1.29 is 4.79 Å². The predicted octanol–water partition coefficient (Wildman–Crippen LogP) is 2.86. The highest BCUT2D eigenvalue weighted by atomic mass is 32.1. The van der Waals surface area contributed by atoms with E-state index < -0.39 is 0 Å². The van der Waals surface area contributed by atoms with E-state index in [1.54, 1.807) is 29.5 Å². The zero-order valence-corrected chi connectivity index (χ0v) is 13.6. The Labute approximate surface area is 129 Å². The maximum absolute atomic E-state index is 12.6. The Hall–Kier alpha value is -1.95. The number of thiazole rings is 1. The molecule has 2 rings (SSSR count). The smallest absolute Gasteiger partial charge is 0.257 e. The molecule has 5 nitrogen and oxygen atoms in total. The van der Waals surface area contributed by atoms with E-state index in [0.29, 0.717) is 12.1 Å². The summed E-state index contributed by atoms with van der Waals surface area (Å²) in [7, 11) is 1.78. The third-order valence-electron chi connectivity index (χ3n) is 3.05. The molecule has 0 unspecified atom stereocenters. The minimum absolute atomic E-state index is 0.0518. The quantitative estimate of drug-likeness (QED) is 0.923. The number of amides is 1. The van der Waals surface area contributed by atoms with Gasteiger partial charge in [-0.05, 0) is 26.8 Å². The van der Waals surface area contributed by atoms with Crippen molar-refractivity contribution in [3.63, 3.8) is 0 Å². The van der Waals surface area contributed by atoms with E-state index in [2.05, 4.69) is 15.3 Å². The number of hydrogen-bond donors (Lipinski definition) is 1. The fourth-order valence-electron chi connectivity index (χ4n) is 2.07. The van der Waals surface area contributed by atoms with Crippen molar-refractivity contribution in [3.8, 4) is 0 Å². The second kappa shape index (κ2) is 6.67. The summed E-state index contributed by atoms with van der Waals surface area (Å²) < 4.78 is 0. The lowest BCUT2D eigenvalue weighted by atomic mass is 10.2. The normalized spacial score (nSPS) is 10.5. The second-order valence-corrected chi connectivity index (χ2v) is 5.98. The van der Waals surface area contributed by atoms with Gasteiger partial charge in [-0.15, -0.1) is 11.3 Å². The Morgan fingerprint density at radius 3 is 2.81 bits per heavy atom. The fraction of sp³-hybridized carbons (Fsp3) is 0.400. The van der Waals surface area contributed by atoms with Gasteiger partial charge in [-0.2, -0.15) is 0 Å². The highest BCUT2D eigenvalue weighted by Gasteiger charge is 2.17. The van der Waals surface area contributed by atoms with Gasteiger partial charge in [-0.25, -0.2) is 4.98 Å². The van der Waals surface area contributed by atoms with Gasteiger partial charge < -0.3 is 10.2 Å². The van der Waals surface area contributed by atoms with Crippen LogP contribution in [0.3, 0.4) is 0 Å². The molecular weight excluding hydrogens is 284 g/mol. The highest BCUT2D eigenvalue weighted by Crippen LogP contribution is 2.18. The van der Waals surface area contributed by atoms with Gasteiger partial charge in [0.1, 0.15) is 0 Å². The molecule has 0 aliphatic carbocycles. The first-order valence-electron chi connectivity index (χ1n) is 6.88. The van der Waals surface area contributed by atoms with Crippen LogP contribution in [0, 0.1) is 13.8 Å². The first kappa shape index (κ1) is 15.4. The molecule has 0 saturated heterocycles. The standard InChI is InChI=1S/C15H20N4OS/c1-5-16-14-6-10(2)17-7-13(14)15(20)19(4)8-12-9-21-11(3)18-12/h6-7,9H,5,8H2,1-4H3,(H,16,17). The van der Waals surface area contributed by atoms with Crippen molar-refractivity contribution in [2.45, 2.75) is 27.3 Å². The molecule has 1 N–H and O–H groups in total. The molecule has 0 saturated carbocycles. The van der Waals surface area contributed by atoms with Crippen LogP contribution in [0.5, 0.6) is 0 Å². The lowest BCUT2D eigenvalue weighted by Crippen LogP contribution is -2.27. The Morgan fingerprint density at radius 2 is 2.19 bits per heavy atom. The molecular formula is C15H20N4OS. The van der Waals surface area contributed by atoms with E-state index >= 15 is 0 Å². The van der Waals surface area contributed by atoms with Gasteiger partial charge in [-0.3, -0.25) is 9.78 Å². The summed E-state index contributed by atoms with van der Waals surface area (Å²) in [6.07, 6.45) is 1.64. The van der Waals surface area contributed by atoms with E-state index in [1.165, 1.54) is 0 Å². The largest absolute Gasteiger partial charge is 0.385 e. The Balaban J connectivity index is 2.18. The van der Waals surface area contributed by atoms with Gasteiger partial charge in [0.05, 0.1) is 28.5 Å². The minimum Gasteiger partial charge on any atom is -0.385 e. The van der Waals surface area contributed by atoms with E-state index in [1.807, 2.05) is 32.2 Å². The number of carbonyl (C=O) groups excluding carboxylic acids is 1. The van der Waals surface area contributed by atoms with Crippen LogP contribution >= 0.6 is 11.3 Å². The van der Waals surface area contributed by atoms with Crippen LogP contribution in [0.1, 0.15) is 33.7 Å². The van der Waals surface area contributed by atoms with Gasteiger partial charge in [0.25, 0.3) is 5.91 Å². The van der Waals surface area contributed by atoms with Crippen LogP contribution in [0.4, 0.5) is 5.69 Å². The average molecular weight is 304 g/mol. The van der Waals surface area contributed by atoms with E-state index in [4.69, 9.17) is 0 Å². The van der Waals surface area contributed by atoms with Crippen LogP contribution in [0.25, 0.3) is 0 Å². The van der Waals surface area contributed by atoms with Crippen LogP contribution < -0.4 is 5.32 Å².